The average Bonchev–Trinajstić information content (AvgIpc) is 2.77. The van der Waals surface area contributed by atoms with E-state index in [9.17, 15) is 4.79 Å². The van der Waals surface area contributed by atoms with Crippen molar-refractivity contribution in [2.45, 2.75) is 18.2 Å². The van der Waals surface area contributed by atoms with E-state index in [2.05, 4.69) is 15.5 Å². The number of hydrogen-bond acceptors (Lipinski definition) is 3. The lowest BCUT2D eigenvalue weighted by Gasteiger charge is -2.04. The van der Waals surface area contributed by atoms with Crippen LogP contribution in [0.4, 0.5) is 5.82 Å². The first-order valence-electron chi connectivity index (χ1n) is 5.84. The van der Waals surface area contributed by atoms with Crippen LogP contribution in [0.3, 0.4) is 0 Å². The molecule has 0 aliphatic heterocycles. The van der Waals surface area contributed by atoms with Gasteiger partial charge in [-0.2, -0.15) is 5.10 Å². The van der Waals surface area contributed by atoms with Crippen molar-refractivity contribution >= 4 is 35.1 Å². The van der Waals surface area contributed by atoms with Gasteiger partial charge in [-0.15, -0.1) is 11.8 Å². The molecular weight excluding hydrogens is 282 g/mol. The van der Waals surface area contributed by atoms with Crippen LogP contribution < -0.4 is 5.32 Å². The molecule has 2 N–H and O–H groups in total. The predicted octanol–water partition coefficient (Wildman–Crippen LogP) is 3.49. The molecular formula is C13H14ClN3OS. The van der Waals surface area contributed by atoms with Gasteiger partial charge in [-0.05, 0) is 19.1 Å². The number of benzene rings is 1. The highest BCUT2D eigenvalue weighted by molar-refractivity contribution is 7.99. The molecule has 0 saturated carbocycles. The van der Waals surface area contributed by atoms with E-state index in [1.807, 2.05) is 31.2 Å². The maximum atomic E-state index is 11.7. The smallest absolute Gasteiger partial charge is 0.226 e. The number of anilines is 1. The van der Waals surface area contributed by atoms with Crippen molar-refractivity contribution in [3.05, 3.63) is 41.0 Å². The number of hydrogen-bond donors (Lipinski definition) is 2. The van der Waals surface area contributed by atoms with E-state index in [0.29, 0.717) is 18.0 Å². The summed E-state index contributed by atoms with van der Waals surface area (Å²) in [7, 11) is 0. The molecule has 1 heterocycles. The summed E-state index contributed by atoms with van der Waals surface area (Å²) in [6.45, 7) is 1.88. The summed E-state index contributed by atoms with van der Waals surface area (Å²) in [5, 5.41) is 10.2. The number of halogens is 1. The molecule has 0 bridgehead atoms. The van der Waals surface area contributed by atoms with Crippen molar-refractivity contribution in [3.8, 4) is 0 Å². The highest BCUT2D eigenvalue weighted by atomic mass is 35.5. The van der Waals surface area contributed by atoms with E-state index in [4.69, 9.17) is 11.6 Å². The SMILES string of the molecule is Cc1cc(NC(=O)CCSc2ccccc2Cl)n[nH]1. The van der Waals surface area contributed by atoms with E-state index in [-0.39, 0.29) is 5.91 Å². The zero-order valence-corrected chi connectivity index (χ0v) is 12.0. The van der Waals surface area contributed by atoms with Crippen molar-refractivity contribution in [1.82, 2.24) is 10.2 Å². The number of thioether (sulfide) groups is 1. The summed E-state index contributed by atoms with van der Waals surface area (Å²) in [6, 6.07) is 9.40. The Bertz CT molecular complexity index is 571. The zero-order valence-electron chi connectivity index (χ0n) is 10.4. The van der Waals surface area contributed by atoms with Gasteiger partial charge in [-0.25, -0.2) is 0 Å². The Morgan fingerprint density at radius 1 is 1.47 bits per heavy atom. The molecule has 0 aliphatic carbocycles. The fourth-order valence-corrected chi connectivity index (χ4v) is 2.69. The molecule has 6 heteroatoms. The number of aryl methyl sites for hydroxylation is 1. The van der Waals surface area contributed by atoms with Gasteiger partial charge in [-0.3, -0.25) is 9.89 Å². The van der Waals surface area contributed by atoms with Gasteiger partial charge < -0.3 is 5.32 Å². The van der Waals surface area contributed by atoms with E-state index in [1.54, 1.807) is 17.8 Å². The molecule has 1 aromatic carbocycles. The molecule has 19 heavy (non-hydrogen) atoms. The van der Waals surface area contributed by atoms with E-state index >= 15 is 0 Å². The minimum absolute atomic E-state index is 0.0500. The number of aromatic nitrogens is 2. The Kier molecular flexibility index (Phi) is 4.87. The molecule has 2 rings (SSSR count). The summed E-state index contributed by atoms with van der Waals surface area (Å²) in [4.78, 5) is 12.7. The largest absolute Gasteiger partial charge is 0.309 e. The third kappa shape index (κ3) is 4.29. The van der Waals surface area contributed by atoms with Crippen LogP contribution in [-0.2, 0) is 4.79 Å². The van der Waals surface area contributed by atoms with Crippen LogP contribution in [0.5, 0.6) is 0 Å². The summed E-state index contributed by atoms with van der Waals surface area (Å²) >= 11 is 7.61. The Hall–Kier alpha value is -1.46. The number of nitrogens with zero attached hydrogens (tertiary/aromatic N) is 1. The number of H-pyrrole nitrogens is 1. The lowest BCUT2D eigenvalue weighted by atomic mass is 10.4. The van der Waals surface area contributed by atoms with Crippen LogP contribution in [0.15, 0.2) is 35.2 Å². The fourth-order valence-electron chi connectivity index (χ4n) is 1.50. The Balaban J connectivity index is 1.77. The highest BCUT2D eigenvalue weighted by Crippen LogP contribution is 2.26. The quantitative estimate of drug-likeness (QED) is 0.830. The minimum Gasteiger partial charge on any atom is -0.309 e. The first kappa shape index (κ1) is 14.0. The molecule has 0 spiro atoms. The third-order valence-corrected chi connectivity index (χ3v) is 3.91. The van der Waals surface area contributed by atoms with Gasteiger partial charge in [-0.1, -0.05) is 23.7 Å². The van der Waals surface area contributed by atoms with Crippen molar-refractivity contribution in [3.63, 3.8) is 0 Å². The minimum atomic E-state index is -0.0500. The molecule has 4 nitrogen and oxygen atoms in total. The molecule has 0 unspecified atom stereocenters. The number of nitrogens with one attached hydrogen (secondary N) is 2. The first-order valence-corrected chi connectivity index (χ1v) is 7.20. The zero-order chi connectivity index (χ0) is 13.7. The molecule has 0 saturated heterocycles. The molecule has 100 valence electrons. The molecule has 2 aromatic rings. The molecule has 0 atom stereocenters. The van der Waals surface area contributed by atoms with Gasteiger partial charge in [0.1, 0.15) is 0 Å². The predicted molar refractivity (Wildman–Crippen MR) is 78.7 cm³/mol. The summed E-state index contributed by atoms with van der Waals surface area (Å²) in [5.74, 6) is 1.19. The Morgan fingerprint density at radius 2 is 2.26 bits per heavy atom. The standard InChI is InChI=1S/C13H14ClN3OS/c1-9-8-12(17-16-9)15-13(18)6-7-19-11-5-3-2-4-10(11)14/h2-5,8H,6-7H2,1H3,(H2,15,16,17,18). The topological polar surface area (TPSA) is 57.8 Å². The van der Waals surface area contributed by atoms with Gasteiger partial charge >= 0.3 is 0 Å². The number of amides is 1. The van der Waals surface area contributed by atoms with E-state index in [1.165, 1.54) is 0 Å². The number of rotatable bonds is 5. The second-order valence-electron chi connectivity index (χ2n) is 4.01. The van der Waals surface area contributed by atoms with Gasteiger partial charge in [0.25, 0.3) is 0 Å². The number of carbonyl (C=O) groups excluding carboxylic acids is 1. The average molecular weight is 296 g/mol. The number of aromatic amines is 1. The Labute approximate surface area is 120 Å². The maximum Gasteiger partial charge on any atom is 0.226 e. The summed E-state index contributed by atoms with van der Waals surface area (Å²) < 4.78 is 0. The molecule has 0 fully saturated rings. The molecule has 0 aliphatic rings. The lowest BCUT2D eigenvalue weighted by Crippen LogP contribution is -2.12. The maximum absolute atomic E-state index is 11.7. The van der Waals surface area contributed by atoms with Crippen LogP contribution >= 0.6 is 23.4 Å². The van der Waals surface area contributed by atoms with Crippen LogP contribution in [0.1, 0.15) is 12.1 Å². The van der Waals surface area contributed by atoms with E-state index < -0.39 is 0 Å². The second kappa shape index (κ2) is 6.63. The summed E-state index contributed by atoms with van der Waals surface area (Å²) in [5.41, 5.74) is 0.917. The molecule has 1 amide bonds. The van der Waals surface area contributed by atoms with Crippen LogP contribution in [-0.4, -0.2) is 21.9 Å². The number of carbonyl (C=O) groups is 1. The normalized spacial score (nSPS) is 10.4. The Morgan fingerprint density at radius 3 is 2.95 bits per heavy atom. The first-order chi connectivity index (χ1) is 9.15. The van der Waals surface area contributed by atoms with Gasteiger partial charge in [0.15, 0.2) is 5.82 Å². The van der Waals surface area contributed by atoms with Gasteiger partial charge in [0.2, 0.25) is 5.91 Å². The summed E-state index contributed by atoms with van der Waals surface area (Å²) in [6.07, 6.45) is 0.418. The fraction of sp³-hybridized carbons (Fsp3) is 0.231. The second-order valence-corrected chi connectivity index (χ2v) is 5.56. The molecule has 1 aromatic heterocycles. The molecule has 0 radical (unpaired) electrons. The van der Waals surface area contributed by atoms with Gasteiger partial charge in [0.05, 0.1) is 5.02 Å². The van der Waals surface area contributed by atoms with Crippen molar-refractivity contribution in [2.75, 3.05) is 11.1 Å². The van der Waals surface area contributed by atoms with Crippen LogP contribution in [0, 0.1) is 6.92 Å². The van der Waals surface area contributed by atoms with Crippen molar-refractivity contribution < 1.29 is 4.79 Å². The highest BCUT2D eigenvalue weighted by Gasteiger charge is 2.06. The van der Waals surface area contributed by atoms with E-state index in [0.717, 1.165) is 15.6 Å². The van der Waals surface area contributed by atoms with Gasteiger partial charge in [0, 0.05) is 28.8 Å². The van der Waals surface area contributed by atoms with Crippen molar-refractivity contribution in [2.24, 2.45) is 0 Å². The van der Waals surface area contributed by atoms with Crippen LogP contribution in [0.25, 0.3) is 0 Å². The third-order valence-electron chi connectivity index (χ3n) is 2.40. The van der Waals surface area contributed by atoms with Crippen LogP contribution in [0.2, 0.25) is 5.02 Å². The monoisotopic (exact) mass is 295 g/mol. The van der Waals surface area contributed by atoms with Crippen molar-refractivity contribution in [1.29, 1.82) is 0 Å². The lowest BCUT2D eigenvalue weighted by molar-refractivity contribution is -0.115.